The van der Waals surface area contributed by atoms with Gasteiger partial charge in [0.25, 0.3) is 0 Å². The van der Waals surface area contributed by atoms with E-state index >= 15 is 0 Å². The van der Waals surface area contributed by atoms with Crippen molar-refractivity contribution in [2.24, 2.45) is 11.5 Å². The first-order valence-corrected chi connectivity index (χ1v) is 5.57. The van der Waals surface area contributed by atoms with Crippen LogP contribution in [-0.2, 0) is 14.3 Å². The first-order valence-electron chi connectivity index (χ1n) is 4.45. The van der Waals surface area contributed by atoms with Crippen LogP contribution in [0.5, 0.6) is 0 Å². The molecular formula is C8H17Br2ClN2O4. The number of nitrogens with two attached hydrogens (primary N) is 2. The number of aliphatic carboxylic acids is 1. The SMILES string of the molecule is Br.Cl.N[C@@H](CCBr)C(=O)O.N[C@H]1CCOC1=O. The topological polar surface area (TPSA) is 116 Å². The van der Waals surface area contributed by atoms with E-state index in [4.69, 9.17) is 16.6 Å². The van der Waals surface area contributed by atoms with Gasteiger partial charge in [-0.1, -0.05) is 15.9 Å². The zero-order chi connectivity index (χ0) is 11.8. The number of alkyl halides is 1. The molecule has 1 fully saturated rings. The number of esters is 1. The third kappa shape index (κ3) is 11.0. The highest BCUT2D eigenvalue weighted by molar-refractivity contribution is 9.09. The molecule has 1 aliphatic heterocycles. The van der Waals surface area contributed by atoms with Crippen molar-refractivity contribution in [2.75, 3.05) is 11.9 Å². The van der Waals surface area contributed by atoms with Crippen molar-refractivity contribution >= 4 is 57.3 Å². The number of carbonyl (C=O) groups is 2. The highest BCUT2D eigenvalue weighted by Crippen LogP contribution is 2.00. The average Bonchev–Trinajstić information content (AvgIpc) is 2.52. The first-order chi connectivity index (χ1) is 6.99. The van der Waals surface area contributed by atoms with Crippen LogP contribution >= 0.6 is 45.3 Å². The Kier molecular flexibility index (Phi) is 16.5. The third-order valence-corrected chi connectivity index (χ3v) is 2.17. The molecule has 0 aliphatic carbocycles. The van der Waals surface area contributed by atoms with Crippen LogP contribution in [0, 0.1) is 0 Å². The molecule has 1 aliphatic rings. The quantitative estimate of drug-likeness (QED) is 0.468. The number of carboxylic acid groups (broad SMARTS) is 1. The molecule has 17 heavy (non-hydrogen) atoms. The van der Waals surface area contributed by atoms with Gasteiger partial charge >= 0.3 is 11.9 Å². The summed E-state index contributed by atoms with van der Waals surface area (Å²) in [5.74, 6) is -1.20. The normalized spacial score (nSPS) is 18.8. The second-order valence-electron chi connectivity index (χ2n) is 2.99. The fourth-order valence-electron chi connectivity index (χ4n) is 0.752. The van der Waals surface area contributed by atoms with Crippen molar-refractivity contribution in [1.29, 1.82) is 0 Å². The Morgan fingerprint density at radius 3 is 2.29 bits per heavy atom. The van der Waals surface area contributed by atoms with Gasteiger partial charge < -0.3 is 21.3 Å². The van der Waals surface area contributed by atoms with E-state index in [1.54, 1.807) is 0 Å². The summed E-state index contributed by atoms with van der Waals surface area (Å²) in [5.41, 5.74) is 10.3. The lowest BCUT2D eigenvalue weighted by Gasteiger charge is -1.99. The Labute approximate surface area is 125 Å². The molecule has 6 nitrogen and oxygen atoms in total. The third-order valence-electron chi connectivity index (χ3n) is 1.71. The van der Waals surface area contributed by atoms with E-state index in [0.29, 0.717) is 24.8 Å². The van der Waals surface area contributed by atoms with Crippen molar-refractivity contribution in [3.63, 3.8) is 0 Å². The zero-order valence-electron chi connectivity index (χ0n) is 9.00. The Balaban J connectivity index is -0.000000207. The predicted octanol–water partition coefficient (Wildman–Crippen LogP) is 0.444. The maximum absolute atomic E-state index is 10.2. The van der Waals surface area contributed by atoms with Crippen LogP contribution in [0.4, 0.5) is 0 Å². The molecule has 0 amide bonds. The minimum absolute atomic E-state index is 0. The van der Waals surface area contributed by atoms with Gasteiger partial charge in [-0.25, -0.2) is 0 Å². The second kappa shape index (κ2) is 12.6. The van der Waals surface area contributed by atoms with Crippen LogP contribution in [0.25, 0.3) is 0 Å². The molecule has 0 spiro atoms. The number of hydrogen-bond donors (Lipinski definition) is 3. The molecule has 1 saturated heterocycles. The molecule has 2 atom stereocenters. The van der Waals surface area contributed by atoms with Crippen molar-refractivity contribution in [3.8, 4) is 0 Å². The van der Waals surface area contributed by atoms with Gasteiger partial charge in [-0.2, -0.15) is 0 Å². The minimum Gasteiger partial charge on any atom is -0.480 e. The van der Waals surface area contributed by atoms with Gasteiger partial charge in [-0.15, -0.1) is 29.4 Å². The summed E-state index contributed by atoms with van der Waals surface area (Å²) in [5, 5.41) is 8.81. The van der Waals surface area contributed by atoms with E-state index < -0.39 is 12.0 Å². The molecule has 0 aromatic carbocycles. The van der Waals surface area contributed by atoms with Crippen LogP contribution in [-0.4, -0.2) is 41.1 Å². The second-order valence-corrected chi connectivity index (χ2v) is 3.78. The summed E-state index contributed by atoms with van der Waals surface area (Å²) in [6, 6.07) is -1.06. The lowest BCUT2D eigenvalue weighted by molar-refractivity contribution is -0.139. The van der Waals surface area contributed by atoms with E-state index in [0.717, 1.165) is 0 Å². The molecular weight excluding hydrogens is 383 g/mol. The van der Waals surface area contributed by atoms with Gasteiger partial charge in [0.05, 0.1) is 6.61 Å². The van der Waals surface area contributed by atoms with Crippen LogP contribution in [0.3, 0.4) is 0 Å². The van der Waals surface area contributed by atoms with Crippen molar-refractivity contribution < 1.29 is 19.4 Å². The van der Waals surface area contributed by atoms with Gasteiger partial charge in [0.2, 0.25) is 0 Å². The maximum Gasteiger partial charge on any atom is 0.323 e. The van der Waals surface area contributed by atoms with E-state index in [2.05, 4.69) is 20.7 Å². The summed E-state index contributed by atoms with van der Waals surface area (Å²) in [7, 11) is 0. The monoisotopic (exact) mass is 398 g/mol. The van der Waals surface area contributed by atoms with Crippen LogP contribution in [0.1, 0.15) is 12.8 Å². The van der Waals surface area contributed by atoms with E-state index in [1.165, 1.54) is 0 Å². The van der Waals surface area contributed by atoms with E-state index in [9.17, 15) is 9.59 Å². The van der Waals surface area contributed by atoms with Gasteiger partial charge in [0.15, 0.2) is 0 Å². The Bertz CT molecular complexity index is 234. The van der Waals surface area contributed by atoms with Gasteiger partial charge in [-0.05, 0) is 6.42 Å². The molecule has 0 unspecified atom stereocenters. The van der Waals surface area contributed by atoms with Crippen LogP contribution in [0.15, 0.2) is 0 Å². The highest BCUT2D eigenvalue weighted by Gasteiger charge is 2.21. The number of halogens is 3. The molecule has 0 aromatic heterocycles. The number of carbonyl (C=O) groups excluding carboxylic acids is 1. The van der Waals surface area contributed by atoms with Crippen molar-refractivity contribution in [3.05, 3.63) is 0 Å². The average molecular weight is 400 g/mol. The number of hydrogen-bond acceptors (Lipinski definition) is 5. The zero-order valence-corrected chi connectivity index (χ0v) is 13.1. The van der Waals surface area contributed by atoms with Gasteiger partial charge in [0, 0.05) is 11.8 Å². The molecule has 1 rings (SSSR count). The molecule has 9 heteroatoms. The van der Waals surface area contributed by atoms with Crippen LogP contribution < -0.4 is 11.5 Å². The summed E-state index contributed by atoms with van der Waals surface area (Å²) < 4.78 is 4.50. The lowest BCUT2D eigenvalue weighted by atomic mass is 10.2. The smallest absolute Gasteiger partial charge is 0.323 e. The lowest BCUT2D eigenvalue weighted by Crippen LogP contribution is -2.30. The fourth-order valence-corrected chi connectivity index (χ4v) is 1.25. The predicted molar refractivity (Wildman–Crippen MR) is 75.1 cm³/mol. The molecule has 0 radical (unpaired) electrons. The largest absolute Gasteiger partial charge is 0.480 e. The number of rotatable bonds is 3. The number of carboxylic acids is 1. The molecule has 0 aromatic rings. The maximum atomic E-state index is 10.2. The van der Waals surface area contributed by atoms with E-state index in [1.807, 2.05) is 0 Å². The molecule has 5 N–H and O–H groups in total. The van der Waals surface area contributed by atoms with Crippen LogP contribution in [0.2, 0.25) is 0 Å². The Morgan fingerprint density at radius 2 is 2.18 bits per heavy atom. The number of ether oxygens (including phenoxy) is 1. The summed E-state index contributed by atoms with van der Waals surface area (Å²) >= 11 is 3.07. The van der Waals surface area contributed by atoms with Crippen molar-refractivity contribution in [1.82, 2.24) is 0 Å². The van der Waals surface area contributed by atoms with Gasteiger partial charge in [-0.3, -0.25) is 9.59 Å². The molecule has 0 bridgehead atoms. The minimum atomic E-state index is -0.940. The summed E-state index contributed by atoms with van der Waals surface area (Å²) in [6.45, 7) is 0.500. The summed E-state index contributed by atoms with van der Waals surface area (Å²) in [6.07, 6.45) is 1.16. The first kappa shape index (κ1) is 22.3. The number of cyclic esters (lactones) is 1. The summed E-state index contributed by atoms with van der Waals surface area (Å²) in [4.78, 5) is 20.2. The van der Waals surface area contributed by atoms with Gasteiger partial charge in [0.1, 0.15) is 12.1 Å². The molecule has 104 valence electrons. The standard InChI is InChI=1S/C4H8BrNO2.C4H7NO2.BrH.ClH/c5-2-1-3(6)4(7)8;5-3-1-2-7-4(3)6;;/h3H,1-2,6H2,(H,7,8);3H,1-2,5H2;2*1H/t2*3-;;/m00../s1. The Morgan fingerprint density at radius 1 is 1.65 bits per heavy atom. The molecule has 0 saturated carbocycles. The fraction of sp³-hybridized carbons (Fsp3) is 0.750. The highest BCUT2D eigenvalue weighted by atomic mass is 79.9. The Hall–Kier alpha value is 0.110. The van der Waals surface area contributed by atoms with Crippen molar-refractivity contribution in [2.45, 2.75) is 24.9 Å². The molecule has 1 heterocycles. The van der Waals surface area contributed by atoms with E-state index in [-0.39, 0.29) is 41.4 Å².